The molecule has 0 aliphatic carbocycles. The number of alkyl halides is 5. The second-order valence-corrected chi connectivity index (χ2v) is 9.34. The van der Waals surface area contributed by atoms with Crippen molar-refractivity contribution < 1.29 is 39.9 Å². The van der Waals surface area contributed by atoms with Crippen molar-refractivity contribution in [3.63, 3.8) is 0 Å². The lowest BCUT2D eigenvalue weighted by Gasteiger charge is -2.23. The number of nitrogens with zero attached hydrogens (tertiary/aromatic N) is 1. The number of sulfone groups is 1. The number of hydrogen-bond donors (Lipinski definition) is 2. The van der Waals surface area contributed by atoms with Crippen molar-refractivity contribution in [3.05, 3.63) is 34.5 Å². The van der Waals surface area contributed by atoms with Crippen molar-refractivity contribution in [1.82, 2.24) is 15.6 Å². The van der Waals surface area contributed by atoms with Gasteiger partial charge in [0, 0.05) is 24.5 Å². The molecule has 1 unspecified atom stereocenters. The molecular formula is C17H15ClF5N3O4S. The maximum absolute atomic E-state index is 13.5. The number of benzene rings is 1. The Kier molecular flexibility index (Phi) is 6.58. The second kappa shape index (κ2) is 8.71. The van der Waals surface area contributed by atoms with Gasteiger partial charge in [-0.25, -0.2) is 13.4 Å². The zero-order valence-corrected chi connectivity index (χ0v) is 17.0. The lowest BCUT2D eigenvalue weighted by Crippen LogP contribution is -2.50. The average molecular weight is 488 g/mol. The van der Waals surface area contributed by atoms with Crippen molar-refractivity contribution in [2.45, 2.75) is 18.8 Å². The zero-order chi connectivity index (χ0) is 23.0. The van der Waals surface area contributed by atoms with E-state index in [1.54, 1.807) is 0 Å². The fourth-order valence-electron chi connectivity index (χ4n) is 3.07. The van der Waals surface area contributed by atoms with Gasteiger partial charge in [-0.05, 0) is 18.2 Å². The molecule has 2 N–H and O–H groups in total. The van der Waals surface area contributed by atoms with Gasteiger partial charge in [-0.1, -0.05) is 11.6 Å². The fourth-order valence-corrected chi connectivity index (χ4v) is 4.76. The minimum absolute atomic E-state index is 0.0310. The molecule has 1 atom stereocenters. The Morgan fingerprint density at radius 1 is 1.32 bits per heavy atom. The third kappa shape index (κ3) is 5.71. The Morgan fingerprint density at radius 2 is 2.03 bits per heavy atom. The third-order valence-corrected chi connectivity index (χ3v) is 6.46. The van der Waals surface area contributed by atoms with Gasteiger partial charge in [0.25, 0.3) is 5.91 Å². The van der Waals surface area contributed by atoms with E-state index in [1.807, 2.05) is 0 Å². The second-order valence-electron chi connectivity index (χ2n) is 6.71. The first-order valence-corrected chi connectivity index (χ1v) is 10.9. The van der Waals surface area contributed by atoms with E-state index in [2.05, 4.69) is 20.4 Å². The van der Waals surface area contributed by atoms with E-state index in [-0.39, 0.29) is 35.0 Å². The number of amides is 1. The summed E-state index contributed by atoms with van der Waals surface area (Å²) in [5, 5.41) is 4.65. The summed E-state index contributed by atoms with van der Waals surface area (Å²) in [6.07, 6.45) is -4.99. The molecule has 2 aromatic rings. The fraction of sp³-hybridized carbons (Fsp3) is 0.412. The molecule has 1 fully saturated rings. The Bertz CT molecular complexity index is 1110. The van der Waals surface area contributed by atoms with E-state index in [1.165, 1.54) is 0 Å². The number of halogens is 6. The highest BCUT2D eigenvalue weighted by atomic mass is 35.5. The molecule has 2 heterocycles. The van der Waals surface area contributed by atoms with Crippen LogP contribution in [0.5, 0.6) is 5.75 Å². The van der Waals surface area contributed by atoms with Crippen molar-refractivity contribution in [2.24, 2.45) is 0 Å². The van der Waals surface area contributed by atoms with E-state index >= 15 is 0 Å². The zero-order valence-electron chi connectivity index (χ0n) is 15.5. The highest BCUT2D eigenvalue weighted by Gasteiger charge is 2.35. The number of nitrogens with one attached hydrogen (secondary N) is 2. The number of aromatic nitrogens is 1. The van der Waals surface area contributed by atoms with Gasteiger partial charge in [-0.15, -0.1) is 0 Å². The van der Waals surface area contributed by atoms with E-state index in [0.717, 1.165) is 12.1 Å². The molecule has 3 rings (SSSR count). The van der Waals surface area contributed by atoms with Crippen molar-refractivity contribution >= 4 is 38.2 Å². The largest absolute Gasteiger partial charge is 0.435 e. The van der Waals surface area contributed by atoms with E-state index in [0.29, 0.717) is 6.07 Å². The molecule has 1 aromatic heterocycles. The SMILES string of the molecule is O=C(NCC1CS(=O)(=O)CCN1)c1cc(Cl)c2cc(OC(F)F)cc(C(F)(F)F)c2n1. The number of carbonyl (C=O) groups excluding carboxylic acids is 1. The molecule has 0 saturated carbocycles. The molecule has 0 spiro atoms. The Labute approximate surface area is 177 Å². The van der Waals surface area contributed by atoms with Gasteiger partial charge in [-0.3, -0.25) is 4.79 Å². The van der Waals surface area contributed by atoms with Crippen LogP contribution < -0.4 is 15.4 Å². The molecule has 170 valence electrons. The number of ether oxygens (including phenoxy) is 1. The Hall–Kier alpha value is -2.25. The number of rotatable bonds is 5. The molecule has 0 radical (unpaired) electrons. The Morgan fingerprint density at radius 3 is 2.65 bits per heavy atom. The number of hydrogen-bond acceptors (Lipinski definition) is 6. The van der Waals surface area contributed by atoms with Gasteiger partial charge in [-0.2, -0.15) is 22.0 Å². The quantitative estimate of drug-likeness (QED) is 0.629. The van der Waals surface area contributed by atoms with Crippen LogP contribution in [0, 0.1) is 0 Å². The molecule has 1 aromatic carbocycles. The van der Waals surface area contributed by atoms with Gasteiger partial charge < -0.3 is 15.4 Å². The summed E-state index contributed by atoms with van der Waals surface area (Å²) in [5.41, 5.74) is -2.58. The maximum Gasteiger partial charge on any atom is 0.418 e. The highest BCUT2D eigenvalue weighted by molar-refractivity contribution is 7.91. The summed E-state index contributed by atoms with van der Waals surface area (Å²) in [6.45, 7) is -3.25. The van der Waals surface area contributed by atoms with Crippen molar-refractivity contribution in [1.29, 1.82) is 0 Å². The minimum atomic E-state index is -4.99. The molecule has 1 aliphatic rings. The predicted octanol–water partition coefficient (Wildman–Crippen LogP) is 2.62. The molecule has 31 heavy (non-hydrogen) atoms. The molecular weight excluding hydrogens is 473 g/mol. The number of pyridine rings is 1. The maximum atomic E-state index is 13.5. The smallest absolute Gasteiger partial charge is 0.418 e. The van der Waals surface area contributed by atoms with Crippen LogP contribution in [-0.4, -0.2) is 56.6 Å². The van der Waals surface area contributed by atoms with Crippen LogP contribution in [0.2, 0.25) is 5.02 Å². The lowest BCUT2D eigenvalue weighted by molar-refractivity contribution is -0.136. The molecule has 14 heteroatoms. The number of fused-ring (bicyclic) bond motifs is 1. The molecule has 7 nitrogen and oxygen atoms in total. The van der Waals surface area contributed by atoms with E-state index in [4.69, 9.17) is 11.6 Å². The normalized spacial score (nSPS) is 18.9. The van der Waals surface area contributed by atoms with Crippen LogP contribution in [0.15, 0.2) is 18.2 Å². The third-order valence-electron chi connectivity index (χ3n) is 4.41. The van der Waals surface area contributed by atoms with Crippen LogP contribution in [0.4, 0.5) is 22.0 Å². The predicted molar refractivity (Wildman–Crippen MR) is 101 cm³/mol. The summed E-state index contributed by atoms with van der Waals surface area (Å²) in [4.78, 5) is 16.1. The van der Waals surface area contributed by atoms with Crippen molar-refractivity contribution in [3.8, 4) is 5.75 Å². The van der Waals surface area contributed by atoms with E-state index in [9.17, 15) is 35.2 Å². The van der Waals surface area contributed by atoms with Gasteiger partial charge in [0.2, 0.25) is 0 Å². The summed E-state index contributed by atoms with van der Waals surface area (Å²) in [6, 6.07) is 1.62. The molecule has 1 saturated heterocycles. The summed E-state index contributed by atoms with van der Waals surface area (Å²) in [7, 11) is -3.26. The van der Waals surface area contributed by atoms with Crippen LogP contribution in [0.3, 0.4) is 0 Å². The Balaban J connectivity index is 1.92. The van der Waals surface area contributed by atoms with Gasteiger partial charge in [0.05, 0.1) is 27.6 Å². The topological polar surface area (TPSA) is 97.4 Å². The van der Waals surface area contributed by atoms with Gasteiger partial charge in [0.15, 0.2) is 9.84 Å². The summed E-state index contributed by atoms with van der Waals surface area (Å²) < 4.78 is 92.7. The molecule has 1 amide bonds. The van der Waals surface area contributed by atoms with Crippen molar-refractivity contribution in [2.75, 3.05) is 24.6 Å². The van der Waals surface area contributed by atoms with Gasteiger partial charge >= 0.3 is 12.8 Å². The average Bonchev–Trinajstić information content (AvgIpc) is 2.64. The van der Waals surface area contributed by atoms with Gasteiger partial charge in [0.1, 0.15) is 11.4 Å². The monoisotopic (exact) mass is 487 g/mol. The first kappa shape index (κ1) is 23.4. The first-order valence-electron chi connectivity index (χ1n) is 8.74. The molecule has 1 aliphatic heterocycles. The van der Waals surface area contributed by atoms with Crippen LogP contribution in [0.25, 0.3) is 10.9 Å². The summed E-state index contributed by atoms with van der Waals surface area (Å²) in [5.74, 6) is -1.88. The molecule has 0 bridgehead atoms. The standard InChI is InChI=1S/C17H15ClF5N3O4S/c18-12-5-13(15(27)25-6-8-7-31(28,29)2-1-24-8)26-14-10(12)3-9(30-16(19)20)4-11(14)17(21,22)23/h3-5,8,16,24H,1-2,6-7H2,(H,25,27). The van der Waals surface area contributed by atoms with Crippen LogP contribution in [-0.2, 0) is 16.0 Å². The highest BCUT2D eigenvalue weighted by Crippen LogP contribution is 2.39. The first-order chi connectivity index (χ1) is 14.4. The minimum Gasteiger partial charge on any atom is -0.435 e. The van der Waals surface area contributed by atoms with Crippen LogP contribution in [0.1, 0.15) is 16.1 Å². The lowest BCUT2D eigenvalue weighted by atomic mass is 10.1. The number of carbonyl (C=O) groups is 1. The van der Waals surface area contributed by atoms with Crippen LogP contribution >= 0.6 is 11.6 Å². The summed E-state index contributed by atoms with van der Waals surface area (Å²) >= 11 is 6.00. The van der Waals surface area contributed by atoms with E-state index < -0.39 is 57.1 Å².